The number of carbonyl (C=O) groups is 2. The number of sulfonamides is 1. The van der Waals surface area contributed by atoms with Crippen molar-refractivity contribution >= 4 is 56.0 Å². The molecule has 0 aromatic heterocycles. The first kappa shape index (κ1) is 22.4. The Morgan fingerprint density at radius 2 is 1.81 bits per heavy atom. The minimum atomic E-state index is -3.90. The number of amides is 2. The smallest absolute Gasteiger partial charge is 0.245 e. The fourth-order valence-electron chi connectivity index (χ4n) is 3.99. The Morgan fingerprint density at radius 1 is 1.13 bits per heavy atom. The van der Waals surface area contributed by atoms with Gasteiger partial charge in [0.1, 0.15) is 12.1 Å². The van der Waals surface area contributed by atoms with Gasteiger partial charge in [-0.1, -0.05) is 23.7 Å². The monoisotopic (exact) mass is 481 g/mol. The molecule has 0 spiro atoms. The van der Waals surface area contributed by atoms with Gasteiger partial charge in [0.05, 0.1) is 4.90 Å². The Labute approximate surface area is 191 Å². The van der Waals surface area contributed by atoms with Crippen LogP contribution in [0.1, 0.15) is 13.3 Å². The first-order chi connectivity index (χ1) is 14.8. The minimum absolute atomic E-state index is 0.0784. The van der Waals surface area contributed by atoms with E-state index in [9.17, 15) is 18.0 Å². The lowest BCUT2D eigenvalue weighted by atomic mass is 10.1. The van der Waals surface area contributed by atoms with Crippen LogP contribution < -0.4 is 4.72 Å². The SMILES string of the molecule is C[C@@H](C(=O)N1CCSCC1)N1CC[C@H](NS(=O)(=O)c2ccc3cc(Cl)ccc3c2)C1=O. The van der Waals surface area contributed by atoms with E-state index in [-0.39, 0.29) is 16.7 Å². The second-order valence-corrected chi connectivity index (χ2v) is 11.1. The third kappa shape index (κ3) is 4.69. The lowest BCUT2D eigenvalue weighted by Crippen LogP contribution is -2.51. The molecule has 2 aliphatic rings. The number of thioether (sulfide) groups is 1. The molecule has 2 atom stereocenters. The Balaban J connectivity index is 1.46. The van der Waals surface area contributed by atoms with Crippen LogP contribution in [-0.2, 0) is 19.6 Å². The fraction of sp³-hybridized carbons (Fsp3) is 0.429. The van der Waals surface area contributed by atoms with Gasteiger partial charge in [0, 0.05) is 36.2 Å². The average Bonchev–Trinajstić information content (AvgIpc) is 3.12. The summed E-state index contributed by atoms with van der Waals surface area (Å²) in [5, 5.41) is 2.15. The molecule has 0 bridgehead atoms. The summed E-state index contributed by atoms with van der Waals surface area (Å²) in [7, 11) is -3.90. The summed E-state index contributed by atoms with van der Waals surface area (Å²) in [5.41, 5.74) is 0. The molecule has 2 fully saturated rings. The van der Waals surface area contributed by atoms with Crippen LogP contribution >= 0.6 is 23.4 Å². The van der Waals surface area contributed by atoms with Gasteiger partial charge in [-0.25, -0.2) is 8.42 Å². The van der Waals surface area contributed by atoms with Gasteiger partial charge in [0.25, 0.3) is 0 Å². The third-order valence-electron chi connectivity index (χ3n) is 5.77. The van der Waals surface area contributed by atoms with Crippen molar-refractivity contribution in [3.8, 4) is 0 Å². The van der Waals surface area contributed by atoms with Crippen molar-refractivity contribution in [3.05, 3.63) is 41.4 Å². The Bertz CT molecular complexity index is 1120. The molecule has 0 aliphatic carbocycles. The van der Waals surface area contributed by atoms with E-state index in [1.54, 1.807) is 42.2 Å². The highest BCUT2D eigenvalue weighted by Crippen LogP contribution is 2.24. The van der Waals surface area contributed by atoms with Gasteiger partial charge >= 0.3 is 0 Å². The quantitative estimate of drug-likeness (QED) is 0.708. The van der Waals surface area contributed by atoms with Crippen molar-refractivity contribution in [1.82, 2.24) is 14.5 Å². The van der Waals surface area contributed by atoms with E-state index in [1.807, 2.05) is 11.8 Å². The van der Waals surface area contributed by atoms with Crippen molar-refractivity contribution in [2.45, 2.75) is 30.3 Å². The van der Waals surface area contributed by atoms with Crippen LogP contribution in [0.3, 0.4) is 0 Å². The summed E-state index contributed by atoms with van der Waals surface area (Å²) < 4.78 is 28.4. The molecule has 4 rings (SSSR count). The zero-order valence-corrected chi connectivity index (χ0v) is 19.5. The Kier molecular flexibility index (Phi) is 6.48. The van der Waals surface area contributed by atoms with Crippen molar-refractivity contribution < 1.29 is 18.0 Å². The molecule has 7 nitrogen and oxygen atoms in total. The summed E-state index contributed by atoms with van der Waals surface area (Å²) in [4.78, 5) is 29.0. The minimum Gasteiger partial charge on any atom is -0.339 e. The molecular formula is C21H24ClN3O4S2. The molecule has 10 heteroatoms. The second kappa shape index (κ2) is 8.97. The van der Waals surface area contributed by atoms with Crippen LogP contribution in [0, 0.1) is 0 Å². The van der Waals surface area contributed by atoms with E-state index >= 15 is 0 Å². The van der Waals surface area contributed by atoms with Crippen LogP contribution in [-0.4, -0.2) is 73.3 Å². The van der Waals surface area contributed by atoms with Crippen LogP contribution in [0.5, 0.6) is 0 Å². The number of halogens is 1. The Hall–Kier alpha value is -1.81. The number of likely N-dealkylation sites (tertiary alicyclic amines) is 1. The molecule has 31 heavy (non-hydrogen) atoms. The van der Waals surface area contributed by atoms with Crippen molar-refractivity contribution in [3.63, 3.8) is 0 Å². The summed E-state index contributed by atoms with van der Waals surface area (Å²) in [6.45, 7) is 3.42. The second-order valence-electron chi connectivity index (χ2n) is 7.76. The van der Waals surface area contributed by atoms with Gasteiger partial charge in [0.2, 0.25) is 21.8 Å². The first-order valence-electron chi connectivity index (χ1n) is 10.1. The number of nitrogens with one attached hydrogen (secondary N) is 1. The molecule has 1 N–H and O–H groups in total. The number of fused-ring (bicyclic) bond motifs is 1. The number of nitrogens with zero attached hydrogens (tertiary/aromatic N) is 2. The van der Waals surface area contributed by atoms with Crippen LogP contribution in [0.4, 0.5) is 0 Å². The van der Waals surface area contributed by atoms with Gasteiger partial charge in [-0.15, -0.1) is 0 Å². The summed E-state index contributed by atoms with van der Waals surface area (Å²) in [5.74, 6) is 1.35. The number of hydrogen-bond acceptors (Lipinski definition) is 5. The Morgan fingerprint density at radius 3 is 2.55 bits per heavy atom. The van der Waals surface area contributed by atoms with Gasteiger partial charge in [-0.3, -0.25) is 9.59 Å². The summed E-state index contributed by atoms with van der Waals surface area (Å²) >= 11 is 7.80. The predicted molar refractivity (Wildman–Crippen MR) is 123 cm³/mol. The molecule has 2 aromatic carbocycles. The lowest BCUT2D eigenvalue weighted by molar-refractivity contribution is -0.143. The molecule has 2 heterocycles. The lowest BCUT2D eigenvalue weighted by Gasteiger charge is -2.32. The topological polar surface area (TPSA) is 86.8 Å². The van der Waals surface area contributed by atoms with E-state index in [4.69, 9.17) is 11.6 Å². The number of benzene rings is 2. The van der Waals surface area contributed by atoms with Gasteiger partial charge in [-0.05, 0) is 48.4 Å². The highest BCUT2D eigenvalue weighted by atomic mass is 35.5. The third-order valence-corrected chi connectivity index (χ3v) is 8.42. The maximum Gasteiger partial charge on any atom is 0.245 e. The molecule has 2 aromatic rings. The molecular weight excluding hydrogens is 458 g/mol. The number of rotatable bonds is 5. The maximum absolute atomic E-state index is 12.9. The molecule has 166 valence electrons. The fourth-order valence-corrected chi connectivity index (χ4v) is 6.34. The molecule has 0 saturated carbocycles. The first-order valence-corrected chi connectivity index (χ1v) is 13.2. The van der Waals surface area contributed by atoms with Crippen LogP contribution in [0.2, 0.25) is 5.02 Å². The standard InChI is InChI=1S/C21H24ClN3O4S2/c1-14(20(26)24-8-10-30-11-9-24)25-7-6-19(21(25)27)23-31(28,29)18-5-3-15-12-17(22)4-2-16(15)13-18/h2-5,12-14,19,23H,6-11H2,1H3/t14-,19-/m0/s1. The molecule has 0 radical (unpaired) electrons. The summed E-state index contributed by atoms with van der Waals surface area (Å²) in [6, 6.07) is 8.49. The highest BCUT2D eigenvalue weighted by molar-refractivity contribution is 7.99. The number of hydrogen-bond donors (Lipinski definition) is 1. The van der Waals surface area contributed by atoms with Gasteiger partial charge < -0.3 is 9.80 Å². The zero-order valence-electron chi connectivity index (χ0n) is 17.1. The van der Waals surface area contributed by atoms with Gasteiger partial charge in [-0.2, -0.15) is 16.5 Å². The molecule has 2 amide bonds. The molecule has 2 aliphatic heterocycles. The normalized spacial score (nSPS) is 21.0. The zero-order chi connectivity index (χ0) is 22.2. The maximum atomic E-state index is 12.9. The van der Waals surface area contributed by atoms with E-state index < -0.39 is 22.1 Å². The van der Waals surface area contributed by atoms with Crippen molar-refractivity contribution in [2.24, 2.45) is 0 Å². The highest BCUT2D eigenvalue weighted by Gasteiger charge is 2.40. The van der Waals surface area contributed by atoms with E-state index in [0.717, 1.165) is 22.3 Å². The number of carbonyl (C=O) groups excluding carboxylic acids is 2. The average molecular weight is 482 g/mol. The largest absolute Gasteiger partial charge is 0.339 e. The van der Waals surface area contributed by atoms with E-state index in [0.29, 0.717) is 31.1 Å². The van der Waals surface area contributed by atoms with Crippen molar-refractivity contribution in [2.75, 3.05) is 31.1 Å². The molecule has 2 saturated heterocycles. The van der Waals surface area contributed by atoms with Crippen molar-refractivity contribution in [1.29, 1.82) is 0 Å². The summed E-state index contributed by atoms with van der Waals surface area (Å²) in [6.07, 6.45) is 0.328. The van der Waals surface area contributed by atoms with Crippen LogP contribution in [0.25, 0.3) is 10.8 Å². The van der Waals surface area contributed by atoms with Crippen LogP contribution in [0.15, 0.2) is 41.3 Å². The molecule has 0 unspecified atom stereocenters. The van der Waals surface area contributed by atoms with Gasteiger partial charge in [0.15, 0.2) is 0 Å². The van der Waals surface area contributed by atoms with E-state index in [1.165, 1.54) is 11.0 Å². The predicted octanol–water partition coefficient (Wildman–Crippen LogP) is 2.34. The van der Waals surface area contributed by atoms with E-state index in [2.05, 4.69) is 4.72 Å².